The molecule has 0 fully saturated rings. The molecule has 0 aliphatic carbocycles. The molecule has 2 aromatic rings. The number of nitrogens with zero attached hydrogens (tertiary/aromatic N) is 4. The summed E-state index contributed by atoms with van der Waals surface area (Å²) in [6.45, 7) is 0.383. The largest absolute Gasteiger partial charge is 0.363 e. The molecule has 7 nitrogen and oxygen atoms in total. The number of rotatable bonds is 4. The van der Waals surface area contributed by atoms with Gasteiger partial charge in [-0.25, -0.2) is 0 Å². The van der Waals surface area contributed by atoms with Gasteiger partial charge in [0.05, 0.1) is 12.2 Å². The number of carbonyl (C=O) groups excluding carboxylic acids is 1. The molecular weight excluding hydrogens is 240 g/mol. The Hall–Kier alpha value is -1.96. The van der Waals surface area contributed by atoms with Crippen LogP contribution in [0.5, 0.6) is 0 Å². The molecule has 1 amide bonds. The van der Waals surface area contributed by atoms with Gasteiger partial charge < -0.3 is 10.6 Å². The van der Waals surface area contributed by atoms with Gasteiger partial charge in [0.2, 0.25) is 10.1 Å². The van der Waals surface area contributed by atoms with Crippen LogP contribution in [0, 0.1) is 0 Å². The fourth-order valence-corrected chi connectivity index (χ4v) is 1.83. The monoisotopic (exact) mass is 252 g/mol. The lowest BCUT2D eigenvalue weighted by molar-refractivity contribution is 0.0949. The molecule has 2 heterocycles. The number of nitrogens with one attached hydrogen (secondary N) is 2. The number of aryl methyl sites for hydroxylation is 1. The Bertz CT molecular complexity index is 519. The maximum Gasteiger partial charge on any atom is 0.282 e. The van der Waals surface area contributed by atoms with E-state index in [2.05, 4.69) is 25.9 Å². The van der Waals surface area contributed by atoms with Crippen LogP contribution >= 0.6 is 11.3 Å². The van der Waals surface area contributed by atoms with Crippen molar-refractivity contribution in [3.63, 3.8) is 0 Å². The van der Waals surface area contributed by atoms with Gasteiger partial charge >= 0.3 is 0 Å². The van der Waals surface area contributed by atoms with Gasteiger partial charge in [-0.15, -0.1) is 10.2 Å². The lowest BCUT2D eigenvalue weighted by atomic mass is 10.4. The van der Waals surface area contributed by atoms with E-state index in [4.69, 9.17) is 0 Å². The highest BCUT2D eigenvalue weighted by atomic mass is 32.1. The second kappa shape index (κ2) is 4.91. The molecule has 0 atom stereocenters. The average molecular weight is 252 g/mol. The third kappa shape index (κ3) is 2.78. The molecule has 0 aromatic carbocycles. The van der Waals surface area contributed by atoms with Gasteiger partial charge in [0, 0.05) is 20.3 Å². The minimum atomic E-state index is -0.241. The summed E-state index contributed by atoms with van der Waals surface area (Å²) < 4.78 is 1.69. The van der Waals surface area contributed by atoms with E-state index in [0.717, 1.165) is 5.69 Å². The van der Waals surface area contributed by atoms with Crippen LogP contribution in [0.15, 0.2) is 12.3 Å². The average Bonchev–Trinajstić information content (AvgIpc) is 2.94. The molecule has 0 saturated carbocycles. The summed E-state index contributed by atoms with van der Waals surface area (Å²) in [7, 11) is 3.56. The summed E-state index contributed by atoms with van der Waals surface area (Å²) in [6.07, 6.45) is 1.82. The normalized spacial score (nSPS) is 10.2. The first-order valence-electron chi connectivity index (χ1n) is 4.97. The molecule has 0 spiro atoms. The summed E-state index contributed by atoms with van der Waals surface area (Å²) in [4.78, 5) is 11.7. The molecule has 0 aliphatic heterocycles. The van der Waals surface area contributed by atoms with E-state index in [1.807, 2.05) is 19.3 Å². The molecule has 0 radical (unpaired) electrons. The predicted octanol–water partition coefficient (Wildman–Crippen LogP) is 0.243. The van der Waals surface area contributed by atoms with Crippen molar-refractivity contribution >= 4 is 22.4 Å². The van der Waals surface area contributed by atoms with Crippen molar-refractivity contribution in [1.82, 2.24) is 25.3 Å². The van der Waals surface area contributed by atoms with E-state index in [-0.39, 0.29) is 5.91 Å². The van der Waals surface area contributed by atoms with Crippen molar-refractivity contribution in [2.45, 2.75) is 6.54 Å². The summed E-state index contributed by atoms with van der Waals surface area (Å²) in [5.41, 5.74) is 0.805. The third-order valence-electron chi connectivity index (χ3n) is 2.03. The molecule has 0 saturated heterocycles. The van der Waals surface area contributed by atoms with E-state index in [0.29, 0.717) is 16.7 Å². The predicted molar refractivity (Wildman–Crippen MR) is 63.8 cm³/mol. The number of carbonyl (C=O) groups is 1. The Balaban J connectivity index is 1.93. The maximum absolute atomic E-state index is 11.7. The third-order valence-corrected chi connectivity index (χ3v) is 2.97. The Morgan fingerprint density at radius 1 is 1.53 bits per heavy atom. The topological polar surface area (TPSA) is 84.7 Å². The molecule has 90 valence electrons. The van der Waals surface area contributed by atoms with Crippen LogP contribution in [0.3, 0.4) is 0 Å². The van der Waals surface area contributed by atoms with Crippen molar-refractivity contribution in [2.24, 2.45) is 7.05 Å². The molecule has 17 heavy (non-hydrogen) atoms. The summed E-state index contributed by atoms with van der Waals surface area (Å²) in [5.74, 6) is -0.241. The van der Waals surface area contributed by atoms with Gasteiger partial charge in [-0.1, -0.05) is 11.3 Å². The van der Waals surface area contributed by atoms with Gasteiger partial charge in [-0.2, -0.15) is 5.10 Å². The number of aromatic nitrogens is 4. The van der Waals surface area contributed by atoms with Crippen molar-refractivity contribution in [2.75, 3.05) is 12.4 Å². The Kier molecular flexibility index (Phi) is 3.33. The summed E-state index contributed by atoms with van der Waals surface area (Å²) >= 11 is 1.21. The highest BCUT2D eigenvalue weighted by molar-refractivity contribution is 7.17. The van der Waals surface area contributed by atoms with Crippen LogP contribution in [0.4, 0.5) is 5.13 Å². The second-order valence-electron chi connectivity index (χ2n) is 3.33. The quantitative estimate of drug-likeness (QED) is 0.814. The van der Waals surface area contributed by atoms with Gasteiger partial charge in [0.15, 0.2) is 0 Å². The van der Waals surface area contributed by atoms with Crippen molar-refractivity contribution < 1.29 is 4.79 Å². The van der Waals surface area contributed by atoms with Crippen LogP contribution < -0.4 is 10.6 Å². The first-order valence-corrected chi connectivity index (χ1v) is 5.78. The lowest BCUT2D eigenvalue weighted by Crippen LogP contribution is -2.23. The summed E-state index contributed by atoms with van der Waals surface area (Å²) in [5, 5.41) is 18.2. The Morgan fingerprint density at radius 2 is 2.35 bits per heavy atom. The van der Waals surface area contributed by atoms with E-state index in [1.54, 1.807) is 11.7 Å². The minimum Gasteiger partial charge on any atom is -0.363 e. The summed E-state index contributed by atoms with van der Waals surface area (Å²) in [6, 6.07) is 1.85. The molecular formula is C9H12N6OS. The zero-order valence-corrected chi connectivity index (χ0v) is 10.3. The van der Waals surface area contributed by atoms with Crippen molar-refractivity contribution in [3.8, 4) is 0 Å². The van der Waals surface area contributed by atoms with Crippen LogP contribution in [0.2, 0.25) is 0 Å². The Labute approximate surface area is 102 Å². The smallest absolute Gasteiger partial charge is 0.282 e. The van der Waals surface area contributed by atoms with Crippen LogP contribution in [-0.2, 0) is 13.6 Å². The number of hydrogen-bond acceptors (Lipinski definition) is 6. The number of hydrogen-bond donors (Lipinski definition) is 2. The minimum absolute atomic E-state index is 0.241. The highest BCUT2D eigenvalue weighted by Crippen LogP contribution is 2.13. The van der Waals surface area contributed by atoms with E-state index < -0.39 is 0 Å². The van der Waals surface area contributed by atoms with Gasteiger partial charge in [-0.05, 0) is 6.07 Å². The van der Waals surface area contributed by atoms with Crippen LogP contribution in [0.1, 0.15) is 15.5 Å². The second-order valence-corrected chi connectivity index (χ2v) is 4.30. The van der Waals surface area contributed by atoms with E-state index >= 15 is 0 Å². The zero-order chi connectivity index (χ0) is 12.3. The first-order chi connectivity index (χ1) is 8.19. The fourth-order valence-electron chi connectivity index (χ4n) is 1.22. The number of anilines is 1. The van der Waals surface area contributed by atoms with E-state index in [9.17, 15) is 4.79 Å². The Morgan fingerprint density at radius 3 is 2.94 bits per heavy atom. The highest BCUT2D eigenvalue weighted by Gasteiger charge is 2.12. The maximum atomic E-state index is 11.7. The van der Waals surface area contributed by atoms with Crippen LogP contribution in [0.25, 0.3) is 0 Å². The molecule has 0 bridgehead atoms. The standard InChI is InChI=1S/C9H12N6OS/c1-10-9-13-12-8(17-9)7(16)11-5-6-3-4-15(2)14-6/h3-4H,5H2,1-2H3,(H,10,13)(H,11,16). The molecule has 0 unspecified atom stereocenters. The molecule has 2 N–H and O–H groups in total. The number of amides is 1. The molecule has 0 aliphatic rings. The first kappa shape index (κ1) is 11.5. The van der Waals surface area contributed by atoms with Crippen molar-refractivity contribution in [3.05, 3.63) is 23.0 Å². The van der Waals surface area contributed by atoms with Crippen LogP contribution in [-0.4, -0.2) is 32.9 Å². The SMILES string of the molecule is CNc1nnc(C(=O)NCc2ccn(C)n2)s1. The van der Waals surface area contributed by atoms with E-state index in [1.165, 1.54) is 11.3 Å². The molecule has 8 heteroatoms. The van der Waals surface area contributed by atoms with Gasteiger partial charge in [0.1, 0.15) is 0 Å². The lowest BCUT2D eigenvalue weighted by Gasteiger charge is -1.98. The zero-order valence-electron chi connectivity index (χ0n) is 9.47. The van der Waals surface area contributed by atoms with Gasteiger partial charge in [-0.3, -0.25) is 9.48 Å². The van der Waals surface area contributed by atoms with Crippen molar-refractivity contribution in [1.29, 1.82) is 0 Å². The molecule has 2 aromatic heterocycles. The van der Waals surface area contributed by atoms with Gasteiger partial charge in [0.25, 0.3) is 5.91 Å². The fraction of sp³-hybridized carbons (Fsp3) is 0.333. The molecule has 2 rings (SSSR count).